The first kappa shape index (κ1) is 14.4. The molecule has 2 N–H and O–H groups in total. The molecule has 0 unspecified atom stereocenters. The summed E-state index contributed by atoms with van der Waals surface area (Å²) in [5.74, 6) is 0. The Kier molecular flexibility index (Phi) is 6.26. The van der Waals surface area contributed by atoms with Crippen LogP contribution in [0.25, 0.3) is 0 Å². The number of hydrogen-bond donors (Lipinski definition) is 2. The van der Waals surface area contributed by atoms with E-state index < -0.39 is 0 Å². The quantitative estimate of drug-likeness (QED) is 0.645. The molecule has 0 radical (unpaired) electrons. The lowest BCUT2D eigenvalue weighted by molar-refractivity contribution is 0.0602. The van der Waals surface area contributed by atoms with E-state index >= 15 is 0 Å². The van der Waals surface area contributed by atoms with Crippen molar-refractivity contribution in [2.24, 2.45) is 0 Å². The van der Waals surface area contributed by atoms with Crippen molar-refractivity contribution in [1.29, 1.82) is 0 Å². The predicted octanol–water partition coefficient (Wildman–Crippen LogP) is 0.709. The summed E-state index contributed by atoms with van der Waals surface area (Å²) in [6.45, 7) is 3.23. The van der Waals surface area contributed by atoms with Gasteiger partial charge in [-0.2, -0.15) is 0 Å². The van der Waals surface area contributed by atoms with Crippen LogP contribution < -0.4 is 5.32 Å². The molecule has 6 nitrogen and oxygen atoms in total. The summed E-state index contributed by atoms with van der Waals surface area (Å²) in [5, 5.41) is 20.1. The third kappa shape index (κ3) is 5.26. The molecule has 19 heavy (non-hydrogen) atoms. The molecule has 1 aliphatic rings. The molecule has 1 aromatic heterocycles. The van der Waals surface area contributed by atoms with Crippen molar-refractivity contribution in [3.63, 3.8) is 0 Å². The number of rotatable bonds is 9. The van der Waals surface area contributed by atoms with E-state index in [0.717, 1.165) is 18.8 Å². The van der Waals surface area contributed by atoms with Gasteiger partial charge in [-0.1, -0.05) is 18.1 Å². The second-order valence-electron chi connectivity index (χ2n) is 5.00. The molecule has 0 aromatic carbocycles. The van der Waals surface area contributed by atoms with Crippen molar-refractivity contribution >= 4 is 0 Å². The molecule has 1 fully saturated rings. The summed E-state index contributed by atoms with van der Waals surface area (Å²) >= 11 is 0. The maximum absolute atomic E-state index is 8.74. The molecular formula is C13H24N4O2. The van der Waals surface area contributed by atoms with Crippen molar-refractivity contribution in [3.8, 4) is 0 Å². The Morgan fingerprint density at radius 2 is 2.26 bits per heavy atom. The lowest BCUT2D eigenvalue weighted by Gasteiger charge is -2.10. The average Bonchev–Trinajstić information content (AvgIpc) is 3.07. The molecule has 0 bridgehead atoms. The van der Waals surface area contributed by atoms with E-state index in [1.54, 1.807) is 4.68 Å². The van der Waals surface area contributed by atoms with E-state index in [0.29, 0.717) is 25.6 Å². The van der Waals surface area contributed by atoms with Crippen molar-refractivity contribution in [2.75, 3.05) is 19.8 Å². The molecule has 0 atom stereocenters. The highest BCUT2D eigenvalue weighted by Gasteiger charge is 2.14. The van der Waals surface area contributed by atoms with Crippen LogP contribution in [0.15, 0.2) is 6.20 Å². The zero-order valence-electron chi connectivity index (χ0n) is 11.4. The van der Waals surface area contributed by atoms with Gasteiger partial charge in [-0.05, 0) is 19.3 Å². The Hall–Kier alpha value is -0.980. The first-order chi connectivity index (χ1) is 9.38. The van der Waals surface area contributed by atoms with Crippen LogP contribution in [-0.4, -0.2) is 46.0 Å². The van der Waals surface area contributed by atoms with Gasteiger partial charge in [-0.3, -0.25) is 4.68 Å². The summed E-state index contributed by atoms with van der Waals surface area (Å²) in [6.07, 6.45) is 8.19. The van der Waals surface area contributed by atoms with Gasteiger partial charge in [0.15, 0.2) is 0 Å². The van der Waals surface area contributed by atoms with E-state index in [1.165, 1.54) is 25.7 Å². The topological polar surface area (TPSA) is 72.2 Å². The molecule has 1 heterocycles. The summed E-state index contributed by atoms with van der Waals surface area (Å²) < 4.78 is 7.53. The van der Waals surface area contributed by atoms with E-state index in [9.17, 15) is 0 Å². The van der Waals surface area contributed by atoms with Gasteiger partial charge < -0.3 is 15.2 Å². The molecule has 1 aromatic rings. The van der Waals surface area contributed by atoms with Gasteiger partial charge in [0.2, 0.25) is 0 Å². The number of nitrogens with zero attached hydrogens (tertiary/aromatic N) is 3. The second-order valence-corrected chi connectivity index (χ2v) is 5.00. The third-order valence-corrected chi connectivity index (χ3v) is 3.37. The Morgan fingerprint density at radius 1 is 1.42 bits per heavy atom. The number of nitrogens with one attached hydrogen (secondary N) is 1. The SMILES string of the molecule is OCCCn1cc(CNCCOC2CCCC2)nn1. The molecule has 0 aliphatic heterocycles. The van der Waals surface area contributed by atoms with E-state index in [4.69, 9.17) is 9.84 Å². The number of aliphatic hydroxyl groups excluding tert-OH is 1. The Morgan fingerprint density at radius 3 is 3.05 bits per heavy atom. The molecule has 1 saturated carbocycles. The Labute approximate surface area is 114 Å². The fourth-order valence-electron chi connectivity index (χ4n) is 2.33. The van der Waals surface area contributed by atoms with Crippen LogP contribution in [0.2, 0.25) is 0 Å². The van der Waals surface area contributed by atoms with Crippen LogP contribution in [0.3, 0.4) is 0 Å². The fraction of sp³-hybridized carbons (Fsp3) is 0.846. The smallest absolute Gasteiger partial charge is 0.0964 e. The van der Waals surface area contributed by atoms with Gasteiger partial charge in [0.05, 0.1) is 18.4 Å². The van der Waals surface area contributed by atoms with Crippen molar-refractivity contribution in [3.05, 3.63) is 11.9 Å². The number of aromatic nitrogens is 3. The molecule has 0 spiro atoms. The first-order valence-electron chi connectivity index (χ1n) is 7.20. The minimum Gasteiger partial charge on any atom is -0.396 e. The molecule has 0 amide bonds. The van der Waals surface area contributed by atoms with Gasteiger partial charge in [-0.15, -0.1) is 5.10 Å². The van der Waals surface area contributed by atoms with Crippen LogP contribution in [0, 0.1) is 0 Å². The van der Waals surface area contributed by atoms with Gasteiger partial charge in [-0.25, -0.2) is 0 Å². The molecule has 108 valence electrons. The standard InChI is InChI=1S/C13H24N4O2/c18-8-3-7-17-11-12(15-16-17)10-14-6-9-19-13-4-1-2-5-13/h11,13-14,18H,1-10H2. The average molecular weight is 268 g/mol. The van der Waals surface area contributed by atoms with Gasteiger partial charge in [0, 0.05) is 32.4 Å². The van der Waals surface area contributed by atoms with Crippen LogP contribution in [0.5, 0.6) is 0 Å². The lowest BCUT2D eigenvalue weighted by Crippen LogP contribution is -2.22. The minimum atomic E-state index is 0.186. The number of aliphatic hydroxyl groups is 1. The number of ether oxygens (including phenoxy) is 1. The predicted molar refractivity (Wildman–Crippen MR) is 71.6 cm³/mol. The summed E-state index contributed by atoms with van der Waals surface area (Å²) in [7, 11) is 0. The highest BCUT2D eigenvalue weighted by Crippen LogP contribution is 2.20. The lowest BCUT2D eigenvalue weighted by atomic mass is 10.3. The Balaban J connectivity index is 1.53. The first-order valence-corrected chi connectivity index (χ1v) is 7.20. The van der Waals surface area contributed by atoms with Crippen molar-refractivity contribution in [2.45, 2.75) is 51.3 Å². The Bertz CT molecular complexity index is 350. The molecule has 2 rings (SSSR count). The highest BCUT2D eigenvalue weighted by atomic mass is 16.5. The summed E-state index contributed by atoms with van der Waals surface area (Å²) in [5.41, 5.74) is 0.929. The largest absolute Gasteiger partial charge is 0.396 e. The third-order valence-electron chi connectivity index (χ3n) is 3.37. The number of aryl methyl sites for hydroxylation is 1. The van der Waals surface area contributed by atoms with E-state index in [-0.39, 0.29) is 6.61 Å². The zero-order chi connectivity index (χ0) is 13.3. The monoisotopic (exact) mass is 268 g/mol. The van der Waals surface area contributed by atoms with Gasteiger partial charge in [0.25, 0.3) is 0 Å². The van der Waals surface area contributed by atoms with E-state index in [2.05, 4.69) is 15.6 Å². The van der Waals surface area contributed by atoms with Crippen LogP contribution >= 0.6 is 0 Å². The summed E-state index contributed by atoms with van der Waals surface area (Å²) in [6, 6.07) is 0. The normalized spacial score (nSPS) is 16.3. The molecule has 0 saturated heterocycles. The summed E-state index contributed by atoms with van der Waals surface area (Å²) in [4.78, 5) is 0. The maximum Gasteiger partial charge on any atom is 0.0964 e. The van der Waals surface area contributed by atoms with Gasteiger partial charge >= 0.3 is 0 Å². The molecule has 1 aliphatic carbocycles. The van der Waals surface area contributed by atoms with Crippen molar-refractivity contribution < 1.29 is 9.84 Å². The van der Waals surface area contributed by atoms with Gasteiger partial charge in [0.1, 0.15) is 0 Å². The van der Waals surface area contributed by atoms with E-state index in [1.807, 2.05) is 6.20 Å². The molecule has 6 heteroatoms. The van der Waals surface area contributed by atoms with Crippen molar-refractivity contribution in [1.82, 2.24) is 20.3 Å². The zero-order valence-corrected chi connectivity index (χ0v) is 11.4. The minimum absolute atomic E-state index is 0.186. The van der Waals surface area contributed by atoms with Crippen LogP contribution in [0.1, 0.15) is 37.8 Å². The number of hydrogen-bond acceptors (Lipinski definition) is 5. The van der Waals surface area contributed by atoms with Crippen LogP contribution in [-0.2, 0) is 17.8 Å². The molecular weight excluding hydrogens is 244 g/mol. The second kappa shape index (κ2) is 8.24. The fourth-order valence-corrected chi connectivity index (χ4v) is 2.33. The highest BCUT2D eigenvalue weighted by molar-refractivity contribution is 4.91. The van der Waals surface area contributed by atoms with Crippen LogP contribution in [0.4, 0.5) is 0 Å². The maximum atomic E-state index is 8.74.